The summed E-state index contributed by atoms with van der Waals surface area (Å²) in [4.78, 5) is 4.56. The van der Waals surface area contributed by atoms with Crippen LogP contribution in [0.25, 0.3) is 0 Å². The van der Waals surface area contributed by atoms with Crippen LogP contribution in [0.3, 0.4) is 0 Å². The van der Waals surface area contributed by atoms with E-state index in [1.54, 1.807) is 14.2 Å². The molecule has 0 amide bonds. The van der Waals surface area contributed by atoms with Gasteiger partial charge < -0.3 is 14.2 Å². The van der Waals surface area contributed by atoms with E-state index < -0.39 is 0 Å². The maximum Gasteiger partial charge on any atom is 0.131 e. The van der Waals surface area contributed by atoms with E-state index in [9.17, 15) is 0 Å². The summed E-state index contributed by atoms with van der Waals surface area (Å²) in [7, 11) is 3.28. The number of ether oxygens (including phenoxy) is 3. The normalized spacial score (nSPS) is 17.0. The second kappa shape index (κ2) is 7.29. The van der Waals surface area contributed by atoms with Crippen molar-refractivity contribution in [3.05, 3.63) is 59.2 Å². The number of nitrogens with zero attached hydrogens (tertiary/aromatic N) is 1. The van der Waals surface area contributed by atoms with Crippen molar-refractivity contribution in [1.82, 2.24) is 0 Å². The molecule has 2 aromatic rings. The molecule has 23 heavy (non-hydrogen) atoms. The largest absolute Gasteiger partial charge is 0.497 e. The molecule has 0 N–H and O–H groups in total. The van der Waals surface area contributed by atoms with Crippen LogP contribution < -0.4 is 9.47 Å². The van der Waals surface area contributed by atoms with Gasteiger partial charge in [-0.3, -0.25) is 4.99 Å². The zero-order valence-electron chi connectivity index (χ0n) is 13.5. The number of hydrogen-bond acceptors (Lipinski definition) is 4. The summed E-state index contributed by atoms with van der Waals surface area (Å²) in [5.41, 5.74) is 3.54. The Kier molecular flexibility index (Phi) is 4.93. The van der Waals surface area contributed by atoms with Gasteiger partial charge >= 0.3 is 0 Å². The predicted octanol–water partition coefficient (Wildman–Crippen LogP) is 3.44. The van der Waals surface area contributed by atoms with Crippen LogP contribution in [-0.4, -0.2) is 33.6 Å². The predicted molar refractivity (Wildman–Crippen MR) is 90.8 cm³/mol. The van der Waals surface area contributed by atoms with Gasteiger partial charge in [-0.1, -0.05) is 24.3 Å². The minimum absolute atomic E-state index is 0.0282. The molecule has 1 atom stereocenters. The molecule has 1 aliphatic rings. The smallest absolute Gasteiger partial charge is 0.131 e. The van der Waals surface area contributed by atoms with Crippen LogP contribution in [0.1, 0.15) is 22.8 Å². The van der Waals surface area contributed by atoms with Crippen LogP contribution in [0.15, 0.2) is 47.5 Å². The molecular weight excluding hydrogens is 290 g/mol. The Morgan fingerprint density at radius 2 is 2.04 bits per heavy atom. The molecule has 2 aromatic carbocycles. The number of rotatable bonds is 5. The third kappa shape index (κ3) is 3.54. The van der Waals surface area contributed by atoms with Gasteiger partial charge in [-0.2, -0.15) is 0 Å². The van der Waals surface area contributed by atoms with Crippen molar-refractivity contribution in [2.45, 2.75) is 12.5 Å². The SMILES string of the molecule is COc1ccc(C=NCC2OCCc3ccccc32)c(OC)c1. The van der Waals surface area contributed by atoms with Crippen molar-refractivity contribution in [3.63, 3.8) is 0 Å². The highest BCUT2D eigenvalue weighted by Gasteiger charge is 2.19. The lowest BCUT2D eigenvalue weighted by atomic mass is 9.98. The number of hydrogen-bond donors (Lipinski definition) is 0. The highest BCUT2D eigenvalue weighted by atomic mass is 16.5. The molecule has 0 bridgehead atoms. The quantitative estimate of drug-likeness (QED) is 0.794. The summed E-state index contributed by atoms with van der Waals surface area (Å²) < 4.78 is 16.5. The molecule has 120 valence electrons. The molecule has 1 aliphatic heterocycles. The van der Waals surface area contributed by atoms with Gasteiger partial charge in [0.25, 0.3) is 0 Å². The lowest BCUT2D eigenvalue weighted by molar-refractivity contribution is 0.0489. The zero-order valence-corrected chi connectivity index (χ0v) is 13.5. The Hall–Kier alpha value is -2.33. The first-order valence-electron chi connectivity index (χ1n) is 7.73. The molecule has 0 saturated heterocycles. The van der Waals surface area contributed by atoms with Crippen LogP contribution in [0.5, 0.6) is 11.5 Å². The third-order valence-corrected chi connectivity index (χ3v) is 4.03. The van der Waals surface area contributed by atoms with Gasteiger partial charge in [0.2, 0.25) is 0 Å². The zero-order chi connectivity index (χ0) is 16.1. The lowest BCUT2D eigenvalue weighted by Crippen LogP contribution is -2.18. The number of aliphatic imine (C=N–C) groups is 1. The first kappa shape index (κ1) is 15.6. The average Bonchev–Trinajstić information content (AvgIpc) is 2.62. The van der Waals surface area contributed by atoms with Gasteiger partial charge in [0, 0.05) is 17.8 Å². The second-order valence-corrected chi connectivity index (χ2v) is 5.41. The van der Waals surface area contributed by atoms with Crippen LogP contribution in [0.4, 0.5) is 0 Å². The van der Waals surface area contributed by atoms with Gasteiger partial charge in [-0.05, 0) is 29.7 Å². The Morgan fingerprint density at radius 3 is 2.87 bits per heavy atom. The van der Waals surface area contributed by atoms with Crippen LogP contribution in [0.2, 0.25) is 0 Å². The summed E-state index contributed by atoms with van der Waals surface area (Å²) in [5, 5.41) is 0. The second-order valence-electron chi connectivity index (χ2n) is 5.41. The Morgan fingerprint density at radius 1 is 1.17 bits per heavy atom. The average molecular weight is 311 g/mol. The molecule has 0 aromatic heterocycles. The summed E-state index contributed by atoms with van der Waals surface area (Å²) >= 11 is 0. The van der Waals surface area contributed by atoms with Gasteiger partial charge in [0.05, 0.1) is 27.4 Å². The maximum absolute atomic E-state index is 5.87. The van der Waals surface area contributed by atoms with Crippen LogP contribution in [0, 0.1) is 0 Å². The highest BCUT2D eigenvalue weighted by Crippen LogP contribution is 2.27. The minimum atomic E-state index is 0.0282. The summed E-state index contributed by atoms with van der Waals surface area (Å²) in [5.74, 6) is 1.52. The van der Waals surface area contributed by atoms with E-state index in [-0.39, 0.29) is 6.10 Å². The standard InChI is InChI=1S/C19H21NO3/c1-21-16-8-7-15(18(11-16)22-2)12-20-13-19-17-6-4-3-5-14(17)9-10-23-19/h3-8,11-12,19H,9-10,13H2,1-2H3. The molecule has 0 saturated carbocycles. The molecule has 0 fully saturated rings. The van der Waals surface area contributed by atoms with Crippen molar-refractivity contribution in [2.24, 2.45) is 4.99 Å². The summed E-state index contributed by atoms with van der Waals surface area (Å²) in [6.07, 6.45) is 2.84. The first-order valence-corrected chi connectivity index (χ1v) is 7.73. The van der Waals surface area contributed by atoms with E-state index in [1.807, 2.05) is 24.4 Å². The van der Waals surface area contributed by atoms with Crippen molar-refractivity contribution in [3.8, 4) is 11.5 Å². The number of fused-ring (bicyclic) bond motifs is 1. The summed E-state index contributed by atoms with van der Waals surface area (Å²) in [6.45, 7) is 1.36. The molecule has 0 aliphatic carbocycles. The Bertz CT molecular complexity index is 697. The molecule has 4 heteroatoms. The molecule has 0 spiro atoms. The van der Waals surface area contributed by atoms with Gasteiger partial charge in [0.1, 0.15) is 17.6 Å². The monoisotopic (exact) mass is 311 g/mol. The van der Waals surface area contributed by atoms with Crippen molar-refractivity contribution >= 4 is 6.21 Å². The first-order chi connectivity index (χ1) is 11.3. The molecule has 1 unspecified atom stereocenters. The van der Waals surface area contributed by atoms with Crippen LogP contribution in [-0.2, 0) is 11.2 Å². The fourth-order valence-electron chi connectivity index (χ4n) is 2.80. The van der Waals surface area contributed by atoms with E-state index in [2.05, 4.69) is 29.3 Å². The number of benzene rings is 2. The topological polar surface area (TPSA) is 40.0 Å². The Labute approximate surface area is 136 Å². The van der Waals surface area contributed by atoms with E-state index in [0.717, 1.165) is 30.1 Å². The van der Waals surface area contributed by atoms with E-state index in [4.69, 9.17) is 14.2 Å². The number of methoxy groups -OCH3 is 2. The van der Waals surface area contributed by atoms with E-state index in [1.165, 1.54) is 11.1 Å². The molecular formula is C19H21NO3. The fraction of sp³-hybridized carbons (Fsp3) is 0.316. The van der Waals surface area contributed by atoms with Gasteiger partial charge in [-0.15, -0.1) is 0 Å². The highest BCUT2D eigenvalue weighted by molar-refractivity contribution is 5.84. The van der Waals surface area contributed by atoms with Crippen molar-refractivity contribution < 1.29 is 14.2 Å². The van der Waals surface area contributed by atoms with Crippen molar-refractivity contribution in [1.29, 1.82) is 0 Å². The van der Waals surface area contributed by atoms with E-state index >= 15 is 0 Å². The van der Waals surface area contributed by atoms with E-state index in [0.29, 0.717) is 6.54 Å². The fourth-order valence-corrected chi connectivity index (χ4v) is 2.80. The molecule has 0 radical (unpaired) electrons. The van der Waals surface area contributed by atoms with Gasteiger partial charge in [-0.25, -0.2) is 0 Å². The Balaban J connectivity index is 1.73. The van der Waals surface area contributed by atoms with Crippen molar-refractivity contribution in [2.75, 3.05) is 27.4 Å². The van der Waals surface area contributed by atoms with Crippen LogP contribution >= 0.6 is 0 Å². The molecule has 4 nitrogen and oxygen atoms in total. The summed E-state index contributed by atoms with van der Waals surface area (Å²) in [6, 6.07) is 14.1. The maximum atomic E-state index is 5.87. The van der Waals surface area contributed by atoms with Gasteiger partial charge in [0.15, 0.2) is 0 Å². The molecule has 3 rings (SSSR count). The third-order valence-electron chi connectivity index (χ3n) is 4.03. The minimum Gasteiger partial charge on any atom is -0.497 e. The lowest BCUT2D eigenvalue weighted by Gasteiger charge is -2.24. The molecule has 1 heterocycles.